The summed E-state index contributed by atoms with van der Waals surface area (Å²) in [5.74, 6) is -2.99. The van der Waals surface area contributed by atoms with E-state index >= 15 is 0 Å². The first-order chi connectivity index (χ1) is 20.1. The topological polar surface area (TPSA) is 145 Å². The average molecular weight is 617 g/mol. The van der Waals surface area contributed by atoms with E-state index in [1.54, 1.807) is 86.6 Å². The highest BCUT2D eigenvalue weighted by Crippen LogP contribution is 2.29. The molecule has 0 radical (unpaired) electrons. The number of carbonyl (C=O) groups excluding carboxylic acids is 6. The zero-order valence-corrected chi connectivity index (χ0v) is 27.6. The highest BCUT2D eigenvalue weighted by Gasteiger charge is 2.38. The van der Waals surface area contributed by atoms with Gasteiger partial charge in [-0.05, 0) is 93.7 Å². The molecule has 3 amide bonds. The Morgan fingerprint density at radius 1 is 0.614 bits per heavy atom. The van der Waals surface area contributed by atoms with Crippen molar-refractivity contribution in [2.75, 3.05) is 6.54 Å². The number of esters is 3. The summed E-state index contributed by atoms with van der Waals surface area (Å²) in [5, 5.41) is 2.95. The third-order valence-electron chi connectivity index (χ3n) is 6.53. The highest BCUT2D eigenvalue weighted by molar-refractivity contribution is 6.21. The number of rotatable bonds is 13. The molecule has 0 unspecified atom stereocenters. The fourth-order valence-electron chi connectivity index (χ4n) is 4.78. The van der Waals surface area contributed by atoms with Crippen molar-refractivity contribution in [3.8, 4) is 0 Å². The second-order valence-electron chi connectivity index (χ2n) is 14.1. The van der Waals surface area contributed by atoms with E-state index in [9.17, 15) is 28.8 Å². The van der Waals surface area contributed by atoms with Crippen molar-refractivity contribution in [2.45, 2.75) is 130 Å². The van der Waals surface area contributed by atoms with E-state index in [1.807, 2.05) is 0 Å². The van der Waals surface area contributed by atoms with Crippen LogP contribution in [-0.4, -0.2) is 69.4 Å². The largest absolute Gasteiger partial charge is 0.460 e. The molecule has 1 aromatic rings. The van der Waals surface area contributed by atoms with Crippen LogP contribution in [-0.2, 0) is 33.4 Å². The van der Waals surface area contributed by atoms with Gasteiger partial charge >= 0.3 is 17.9 Å². The van der Waals surface area contributed by atoms with Gasteiger partial charge in [0, 0.05) is 37.8 Å². The van der Waals surface area contributed by atoms with Gasteiger partial charge < -0.3 is 19.5 Å². The Morgan fingerprint density at radius 2 is 0.955 bits per heavy atom. The van der Waals surface area contributed by atoms with Crippen LogP contribution >= 0.6 is 0 Å². The Bertz CT molecular complexity index is 1140. The van der Waals surface area contributed by atoms with Crippen LogP contribution in [0.25, 0.3) is 0 Å². The third-order valence-corrected chi connectivity index (χ3v) is 6.53. The highest BCUT2D eigenvalue weighted by atomic mass is 16.6. The van der Waals surface area contributed by atoms with Gasteiger partial charge in [0.15, 0.2) is 0 Å². The van der Waals surface area contributed by atoms with Gasteiger partial charge in [0.25, 0.3) is 11.8 Å². The molecular weight excluding hydrogens is 568 g/mol. The molecule has 1 heterocycles. The van der Waals surface area contributed by atoms with Crippen LogP contribution in [0.5, 0.6) is 0 Å². The van der Waals surface area contributed by atoms with Gasteiger partial charge in [0.05, 0.1) is 11.1 Å². The molecule has 0 bridgehead atoms. The minimum Gasteiger partial charge on any atom is -0.460 e. The number of imide groups is 1. The lowest BCUT2D eigenvalue weighted by atomic mass is 9.83. The van der Waals surface area contributed by atoms with Gasteiger partial charge in [0.2, 0.25) is 5.91 Å². The quantitative estimate of drug-likeness (QED) is 0.186. The van der Waals surface area contributed by atoms with Crippen LogP contribution in [0.15, 0.2) is 24.3 Å². The molecule has 1 N–H and O–H groups in total. The van der Waals surface area contributed by atoms with E-state index in [0.29, 0.717) is 0 Å². The second-order valence-corrected chi connectivity index (χ2v) is 14.1. The number of fused-ring (bicyclic) bond motifs is 1. The summed E-state index contributed by atoms with van der Waals surface area (Å²) in [7, 11) is 0. The van der Waals surface area contributed by atoms with Crippen LogP contribution in [0, 0.1) is 0 Å². The van der Waals surface area contributed by atoms with Crippen molar-refractivity contribution >= 4 is 35.6 Å². The first kappa shape index (κ1) is 36.4. The zero-order chi connectivity index (χ0) is 33.5. The predicted molar refractivity (Wildman–Crippen MR) is 163 cm³/mol. The summed E-state index contributed by atoms with van der Waals surface area (Å²) >= 11 is 0. The van der Waals surface area contributed by atoms with Gasteiger partial charge in [-0.1, -0.05) is 12.1 Å². The Morgan fingerprint density at radius 3 is 1.27 bits per heavy atom. The fraction of sp³-hybridized carbons (Fsp3) is 0.636. The summed E-state index contributed by atoms with van der Waals surface area (Å²) in [5.41, 5.74) is -2.85. The number of carbonyl (C=O) groups is 6. The van der Waals surface area contributed by atoms with Gasteiger partial charge in [-0.3, -0.25) is 33.7 Å². The van der Waals surface area contributed by atoms with Gasteiger partial charge in [-0.25, -0.2) is 0 Å². The van der Waals surface area contributed by atoms with Gasteiger partial charge in [-0.15, -0.1) is 0 Å². The molecule has 0 saturated heterocycles. The van der Waals surface area contributed by atoms with Crippen molar-refractivity contribution in [1.82, 2.24) is 10.2 Å². The maximum absolute atomic E-state index is 13.4. The first-order valence-electron chi connectivity index (χ1n) is 15.0. The first-order valence-corrected chi connectivity index (χ1v) is 15.0. The SMILES string of the molecule is CC(C)(C)OC(=O)CCC(CCC(=O)OC(C)(C)C)(CCC(=O)OC(C)(C)C)NC(=O)CCN1C(=O)c2ccccc2C1=O. The molecule has 44 heavy (non-hydrogen) atoms. The summed E-state index contributed by atoms with van der Waals surface area (Å²) in [6.07, 6.45) is -0.334. The van der Waals surface area contributed by atoms with E-state index in [1.165, 1.54) is 0 Å². The van der Waals surface area contributed by atoms with Crippen LogP contribution < -0.4 is 5.32 Å². The van der Waals surface area contributed by atoms with E-state index in [2.05, 4.69) is 5.32 Å². The van der Waals surface area contributed by atoms with Crippen molar-refractivity contribution in [3.05, 3.63) is 35.4 Å². The van der Waals surface area contributed by atoms with E-state index in [4.69, 9.17) is 14.2 Å². The standard InChI is InChI=1S/C33H48N2O9/c1-30(2,3)42-25(37)14-18-33(19-15-26(38)43-31(4,5)6,20-16-27(39)44-32(7,8)9)34-24(36)17-21-35-28(40)22-12-10-11-13-23(22)29(35)41/h10-13H,14-21H2,1-9H3,(H,34,36). The summed E-state index contributed by atoms with van der Waals surface area (Å²) in [6.45, 7) is 15.5. The minimum atomic E-state index is -1.20. The number of hydrogen-bond acceptors (Lipinski definition) is 9. The smallest absolute Gasteiger partial charge is 0.306 e. The lowest BCUT2D eigenvalue weighted by Gasteiger charge is -2.36. The maximum atomic E-state index is 13.4. The summed E-state index contributed by atoms with van der Waals surface area (Å²) < 4.78 is 16.4. The monoisotopic (exact) mass is 616 g/mol. The lowest BCUT2D eigenvalue weighted by molar-refractivity contribution is -0.155. The molecular formula is C33H48N2O9. The van der Waals surface area contributed by atoms with E-state index in [-0.39, 0.29) is 62.6 Å². The maximum Gasteiger partial charge on any atom is 0.306 e. The number of ether oxygens (including phenoxy) is 3. The molecule has 0 spiro atoms. The van der Waals surface area contributed by atoms with Gasteiger partial charge in [-0.2, -0.15) is 0 Å². The van der Waals surface area contributed by atoms with Crippen LogP contribution in [0.1, 0.15) is 128 Å². The Balaban J connectivity index is 2.29. The van der Waals surface area contributed by atoms with E-state index in [0.717, 1.165) is 4.90 Å². The molecule has 0 atom stereocenters. The number of benzene rings is 1. The number of hydrogen-bond donors (Lipinski definition) is 1. The molecule has 11 nitrogen and oxygen atoms in total. The summed E-state index contributed by atoms with van der Waals surface area (Å²) in [6, 6.07) is 6.44. The fourth-order valence-corrected chi connectivity index (χ4v) is 4.78. The molecule has 0 aromatic heterocycles. The Kier molecular flexibility index (Phi) is 11.9. The molecule has 0 fully saturated rings. The molecule has 11 heteroatoms. The number of nitrogens with zero attached hydrogens (tertiary/aromatic N) is 1. The lowest BCUT2D eigenvalue weighted by Crippen LogP contribution is -2.50. The van der Waals surface area contributed by atoms with E-state index < -0.39 is 58.0 Å². The molecule has 0 saturated carbocycles. The summed E-state index contributed by atoms with van der Waals surface area (Å²) in [4.78, 5) is 78.2. The normalized spacial score (nSPS) is 13.8. The molecule has 2 rings (SSSR count). The molecule has 1 aliphatic heterocycles. The molecule has 1 aromatic carbocycles. The molecule has 1 aliphatic rings. The molecule has 0 aliphatic carbocycles. The minimum absolute atomic E-state index is 0.0618. The van der Waals surface area contributed by atoms with Gasteiger partial charge in [0.1, 0.15) is 16.8 Å². The number of nitrogens with one attached hydrogen (secondary N) is 1. The Hall–Kier alpha value is -3.76. The Labute approximate surface area is 260 Å². The van der Waals surface area contributed by atoms with Crippen LogP contribution in [0.4, 0.5) is 0 Å². The number of amides is 3. The average Bonchev–Trinajstić information content (AvgIpc) is 3.10. The molecule has 244 valence electrons. The van der Waals surface area contributed by atoms with Crippen molar-refractivity contribution in [2.24, 2.45) is 0 Å². The third kappa shape index (κ3) is 12.1. The van der Waals surface area contributed by atoms with Crippen LogP contribution in [0.2, 0.25) is 0 Å². The van der Waals surface area contributed by atoms with Crippen molar-refractivity contribution in [3.63, 3.8) is 0 Å². The zero-order valence-electron chi connectivity index (χ0n) is 27.6. The predicted octanol–water partition coefficient (Wildman–Crippen LogP) is 4.89. The van der Waals surface area contributed by atoms with Crippen molar-refractivity contribution < 1.29 is 43.0 Å². The van der Waals surface area contributed by atoms with Crippen molar-refractivity contribution in [1.29, 1.82) is 0 Å². The second kappa shape index (κ2) is 14.3. The van der Waals surface area contributed by atoms with Crippen LogP contribution in [0.3, 0.4) is 0 Å².